The predicted octanol–water partition coefficient (Wildman–Crippen LogP) is 0.232. The van der Waals surface area contributed by atoms with Gasteiger partial charge < -0.3 is 10.2 Å². The molecule has 3 nitrogen and oxygen atoms in total. The molecule has 3 heteroatoms. The fourth-order valence-electron chi connectivity index (χ4n) is 0.770. The van der Waals surface area contributed by atoms with Crippen LogP contribution in [0.4, 0.5) is 0 Å². The average molecular weight is 130 g/mol. The van der Waals surface area contributed by atoms with Crippen molar-refractivity contribution in [2.45, 2.75) is 25.4 Å². The molecule has 0 aromatic carbocycles. The Morgan fingerprint density at radius 1 is 1.67 bits per heavy atom. The second-order valence-electron chi connectivity index (χ2n) is 2.53. The molecule has 0 saturated heterocycles. The number of hydrogen-bond donors (Lipinski definition) is 2. The average Bonchev–Trinajstić information content (AvgIpc) is 2.50. The summed E-state index contributed by atoms with van der Waals surface area (Å²) < 4.78 is 0. The van der Waals surface area contributed by atoms with Crippen molar-refractivity contribution in [3.05, 3.63) is 0 Å². The molecule has 1 saturated carbocycles. The minimum atomic E-state index is -1.13. The third-order valence-electron chi connectivity index (χ3n) is 1.54. The van der Waals surface area contributed by atoms with Gasteiger partial charge in [0.25, 0.3) is 0 Å². The predicted molar refractivity (Wildman–Crippen MR) is 31.0 cm³/mol. The Balaban J connectivity index is 2.16. The highest BCUT2D eigenvalue weighted by Crippen LogP contribution is 2.33. The second kappa shape index (κ2) is 2.35. The highest BCUT2D eigenvalue weighted by Gasteiger charge is 2.27. The summed E-state index contributed by atoms with van der Waals surface area (Å²) in [6, 6.07) is 0. The fourth-order valence-corrected chi connectivity index (χ4v) is 0.770. The lowest BCUT2D eigenvalue weighted by Crippen LogP contribution is -2.19. The van der Waals surface area contributed by atoms with Crippen LogP contribution in [0.25, 0.3) is 0 Å². The quantitative estimate of drug-likeness (QED) is 0.575. The molecular formula is C6H10O3. The molecule has 0 aromatic heterocycles. The molecule has 1 atom stereocenters. The van der Waals surface area contributed by atoms with E-state index in [1.54, 1.807) is 0 Å². The summed E-state index contributed by atoms with van der Waals surface area (Å²) >= 11 is 0. The zero-order valence-corrected chi connectivity index (χ0v) is 5.08. The van der Waals surface area contributed by atoms with Gasteiger partial charge in [-0.2, -0.15) is 0 Å². The highest BCUT2D eigenvalue weighted by molar-refractivity contribution is 5.71. The number of aliphatic hydroxyl groups excluding tert-OH is 1. The van der Waals surface area contributed by atoms with E-state index in [9.17, 15) is 4.79 Å². The molecule has 0 heterocycles. The van der Waals surface area contributed by atoms with E-state index in [1.165, 1.54) is 0 Å². The summed E-state index contributed by atoms with van der Waals surface area (Å²) in [6.45, 7) is 0. The lowest BCUT2D eigenvalue weighted by Gasteiger charge is -2.00. The lowest BCUT2D eigenvalue weighted by atomic mass is 10.2. The van der Waals surface area contributed by atoms with Crippen molar-refractivity contribution in [1.29, 1.82) is 0 Å². The SMILES string of the molecule is O=C(O)[C@H](O)CC1CC1. The van der Waals surface area contributed by atoms with Crippen LogP contribution in [0.2, 0.25) is 0 Å². The van der Waals surface area contributed by atoms with Gasteiger partial charge in [-0.05, 0) is 12.3 Å². The number of aliphatic hydroxyl groups is 1. The minimum absolute atomic E-state index is 0.440. The van der Waals surface area contributed by atoms with Gasteiger partial charge >= 0.3 is 5.97 Å². The van der Waals surface area contributed by atoms with Crippen LogP contribution >= 0.6 is 0 Å². The van der Waals surface area contributed by atoms with Crippen molar-refractivity contribution in [2.75, 3.05) is 0 Å². The molecule has 0 radical (unpaired) electrons. The van der Waals surface area contributed by atoms with E-state index in [1.807, 2.05) is 0 Å². The van der Waals surface area contributed by atoms with E-state index in [-0.39, 0.29) is 0 Å². The molecular weight excluding hydrogens is 120 g/mol. The van der Waals surface area contributed by atoms with Crippen molar-refractivity contribution in [2.24, 2.45) is 5.92 Å². The maximum atomic E-state index is 10.0. The van der Waals surface area contributed by atoms with E-state index in [0.29, 0.717) is 12.3 Å². The maximum absolute atomic E-state index is 10.0. The van der Waals surface area contributed by atoms with Crippen LogP contribution in [-0.2, 0) is 4.79 Å². The van der Waals surface area contributed by atoms with Gasteiger partial charge in [-0.3, -0.25) is 0 Å². The van der Waals surface area contributed by atoms with Gasteiger partial charge in [0.2, 0.25) is 0 Å². The molecule has 0 aromatic rings. The number of aliphatic carboxylic acids is 1. The summed E-state index contributed by atoms with van der Waals surface area (Å²) in [5, 5.41) is 16.9. The molecule has 2 N–H and O–H groups in total. The Morgan fingerprint density at radius 2 is 2.22 bits per heavy atom. The Morgan fingerprint density at radius 3 is 2.56 bits per heavy atom. The van der Waals surface area contributed by atoms with Crippen molar-refractivity contribution in [3.63, 3.8) is 0 Å². The Labute approximate surface area is 53.3 Å². The summed E-state index contributed by atoms with van der Waals surface area (Å²) in [5.41, 5.74) is 0. The van der Waals surface area contributed by atoms with E-state index >= 15 is 0 Å². The minimum Gasteiger partial charge on any atom is -0.479 e. The molecule has 0 unspecified atom stereocenters. The van der Waals surface area contributed by atoms with Gasteiger partial charge in [0.05, 0.1) is 0 Å². The Kier molecular flexibility index (Phi) is 1.71. The maximum Gasteiger partial charge on any atom is 0.332 e. The van der Waals surface area contributed by atoms with Gasteiger partial charge in [-0.1, -0.05) is 12.8 Å². The molecule has 1 fully saturated rings. The summed E-state index contributed by atoms with van der Waals surface area (Å²) in [7, 11) is 0. The topological polar surface area (TPSA) is 57.5 Å². The number of hydrogen-bond acceptors (Lipinski definition) is 2. The summed E-state index contributed by atoms with van der Waals surface area (Å²) in [4.78, 5) is 10.0. The fraction of sp³-hybridized carbons (Fsp3) is 0.833. The van der Waals surface area contributed by atoms with E-state index in [0.717, 1.165) is 12.8 Å². The van der Waals surface area contributed by atoms with E-state index < -0.39 is 12.1 Å². The molecule has 9 heavy (non-hydrogen) atoms. The third kappa shape index (κ3) is 2.01. The zero-order chi connectivity index (χ0) is 6.85. The number of rotatable bonds is 3. The molecule has 1 aliphatic rings. The highest BCUT2D eigenvalue weighted by atomic mass is 16.4. The first-order valence-corrected chi connectivity index (χ1v) is 3.11. The van der Waals surface area contributed by atoms with Gasteiger partial charge in [0.1, 0.15) is 0 Å². The van der Waals surface area contributed by atoms with E-state index in [2.05, 4.69) is 0 Å². The molecule has 0 aliphatic heterocycles. The van der Waals surface area contributed by atoms with Crippen LogP contribution in [0, 0.1) is 5.92 Å². The van der Waals surface area contributed by atoms with Crippen LogP contribution in [0.15, 0.2) is 0 Å². The Bertz CT molecular complexity index is 117. The summed E-state index contributed by atoms with van der Waals surface area (Å²) in [5.74, 6) is -0.613. The summed E-state index contributed by atoms with van der Waals surface area (Å²) in [6.07, 6.45) is 1.49. The number of carboxylic acid groups (broad SMARTS) is 1. The van der Waals surface area contributed by atoms with Crippen LogP contribution in [0.5, 0.6) is 0 Å². The zero-order valence-electron chi connectivity index (χ0n) is 5.08. The first-order valence-electron chi connectivity index (χ1n) is 3.11. The molecule has 1 aliphatic carbocycles. The van der Waals surface area contributed by atoms with E-state index in [4.69, 9.17) is 10.2 Å². The van der Waals surface area contributed by atoms with Crippen LogP contribution < -0.4 is 0 Å². The standard InChI is InChI=1S/C6H10O3/c7-5(6(8)9)3-4-1-2-4/h4-5,7H,1-3H2,(H,8,9)/t5-/m1/s1. The third-order valence-corrected chi connectivity index (χ3v) is 1.54. The lowest BCUT2D eigenvalue weighted by molar-refractivity contribution is -0.147. The molecule has 1 rings (SSSR count). The number of carboxylic acids is 1. The van der Waals surface area contributed by atoms with Crippen molar-refractivity contribution >= 4 is 5.97 Å². The van der Waals surface area contributed by atoms with Gasteiger partial charge in [-0.25, -0.2) is 4.79 Å². The van der Waals surface area contributed by atoms with Crippen LogP contribution in [0.3, 0.4) is 0 Å². The first kappa shape index (κ1) is 6.55. The second-order valence-corrected chi connectivity index (χ2v) is 2.53. The molecule has 52 valence electrons. The van der Waals surface area contributed by atoms with Crippen molar-refractivity contribution in [3.8, 4) is 0 Å². The smallest absolute Gasteiger partial charge is 0.332 e. The van der Waals surface area contributed by atoms with Gasteiger partial charge in [-0.15, -0.1) is 0 Å². The molecule has 0 amide bonds. The molecule has 0 bridgehead atoms. The number of carbonyl (C=O) groups is 1. The van der Waals surface area contributed by atoms with Crippen LogP contribution in [-0.4, -0.2) is 22.3 Å². The monoisotopic (exact) mass is 130 g/mol. The van der Waals surface area contributed by atoms with Gasteiger partial charge in [0, 0.05) is 0 Å². The van der Waals surface area contributed by atoms with Crippen molar-refractivity contribution in [1.82, 2.24) is 0 Å². The molecule has 0 spiro atoms. The van der Waals surface area contributed by atoms with Gasteiger partial charge in [0.15, 0.2) is 6.10 Å². The Hall–Kier alpha value is -0.570. The first-order chi connectivity index (χ1) is 4.20. The van der Waals surface area contributed by atoms with Crippen LogP contribution in [0.1, 0.15) is 19.3 Å². The van der Waals surface area contributed by atoms with Crippen molar-refractivity contribution < 1.29 is 15.0 Å². The largest absolute Gasteiger partial charge is 0.479 e. The normalized spacial score (nSPS) is 21.4.